The number of benzene rings is 1. The van der Waals surface area contributed by atoms with Gasteiger partial charge in [-0.05, 0) is 24.6 Å². The van der Waals surface area contributed by atoms with Gasteiger partial charge in [0.15, 0.2) is 0 Å². The molecule has 1 N–H and O–H groups in total. The molecule has 0 aliphatic carbocycles. The number of hydrogen-bond acceptors (Lipinski definition) is 3. The van der Waals surface area contributed by atoms with Crippen LogP contribution in [0.3, 0.4) is 0 Å². The van der Waals surface area contributed by atoms with Crippen molar-refractivity contribution >= 4 is 5.69 Å². The van der Waals surface area contributed by atoms with Gasteiger partial charge in [-0.1, -0.05) is 12.1 Å². The van der Waals surface area contributed by atoms with E-state index >= 15 is 0 Å². The van der Waals surface area contributed by atoms with Crippen molar-refractivity contribution < 1.29 is 5.11 Å². The van der Waals surface area contributed by atoms with Gasteiger partial charge in [-0.25, -0.2) is 4.98 Å². The first kappa shape index (κ1) is 11.3. The third-order valence-electron chi connectivity index (χ3n) is 3.49. The molecule has 0 bridgehead atoms. The monoisotopic (exact) mass is 243 g/mol. The molecule has 0 radical (unpaired) electrons. The number of hydrogen-bond donors (Lipinski definition) is 1. The Kier molecular flexibility index (Phi) is 2.80. The van der Waals surface area contributed by atoms with Gasteiger partial charge in [0, 0.05) is 31.2 Å². The van der Waals surface area contributed by atoms with Gasteiger partial charge in [-0.2, -0.15) is 0 Å². The minimum absolute atomic E-state index is 0.403. The summed E-state index contributed by atoms with van der Waals surface area (Å²) in [6.07, 6.45) is 3.48. The highest BCUT2D eigenvalue weighted by Crippen LogP contribution is 2.22. The Hall–Kier alpha value is -1.81. The Balaban J connectivity index is 1.80. The number of anilines is 1. The first-order valence-corrected chi connectivity index (χ1v) is 6.27. The Morgan fingerprint density at radius 2 is 2.00 bits per heavy atom. The van der Waals surface area contributed by atoms with Crippen molar-refractivity contribution in [3.63, 3.8) is 0 Å². The summed E-state index contributed by atoms with van der Waals surface area (Å²) in [5.41, 5.74) is 2.14. The minimum atomic E-state index is -0.403. The van der Waals surface area contributed by atoms with E-state index in [-0.39, 0.29) is 0 Å². The molecule has 1 atom stereocenters. The highest BCUT2D eigenvalue weighted by atomic mass is 16.3. The zero-order valence-corrected chi connectivity index (χ0v) is 10.5. The predicted molar refractivity (Wildman–Crippen MR) is 70.4 cm³/mol. The summed E-state index contributed by atoms with van der Waals surface area (Å²) >= 11 is 0. The SMILES string of the molecule is C[C@H](O)c1ccc(N2CCn3ccnc3C2)cc1. The molecular formula is C14H17N3O. The van der Waals surface area contributed by atoms with Crippen molar-refractivity contribution in [1.82, 2.24) is 9.55 Å². The Morgan fingerprint density at radius 1 is 1.22 bits per heavy atom. The first-order valence-electron chi connectivity index (χ1n) is 6.27. The van der Waals surface area contributed by atoms with Crippen molar-refractivity contribution in [1.29, 1.82) is 0 Å². The second-order valence-electron chi connectivity index (χ2n) is 4.73. The molecule has 1 aliphatic rings. The molecule has 1 aromatic heterocycles. The molecule has 0 amide bonds. The number of aliphatic hydroxyl groups is 1. The van der Waals surface area contributed by atoms with Gasteiger partial charge in [0.05, 0.1) is 12.6 Å². The van der Waals surface area contributed by atoms with Crippen LogP contribution in [0.4, 0.5) is 5.69 Å². The summed E-state index contributed by atoms with van der Waals surface area (Å²) in [6, 6.07) is 8.11. The molecule has 4 heteroatoms. The fourth-order valence-electron chi connectivity index (χ4n) is 2.36. The maximum atomic E-state index is 9.50. The molecule has 18 heavy (non-hydrogen) atoms. The number of nitrogens with zero attached hydrogens (tertiary/aromatic N) is 3. The molecule has 1 aliphatic heterocycles. The van der Waals surface area contributed by atoms with Crippen LogP contribution in [0.5, 0.6) is 0 Å². The molecule has 0 spiro atoms. The molecule has 0 saturated carbocycles. The molecule has 0 unspecified atom stereocenters. The van der Waals surface area contributed by atoms with Crippen molar-refractivity contribution in [3.05, 3.63) is 48.0 Å². The highest BCUT2D eigenvalue weighted by molar-refractivity contribution is 5.48. The van der Waals surface area contributed by atoms with Gasteiger partial charge in [-0.15, -0.1) is 0 Å². The van der Waals surface area contributed by atoms with Crippen LogP contribution < -0.4 is 4.90 Å². The van der Waals surface area contributed by atoms with E-state index in [0.717, 1.165) is 31.0 Å². The predicted octanol–water partition coefficient (Wildman–Crippen LogP) is 1.96. The smallest absolute Gasteiger partial charge is 0.128 e. The number of aromatic nitrogens is 2. The van der Waals surface area contributed by atoms with E-state index < -0.39 is 6.10 Å². The average molecular weight is 243 g/mol. The van der Waals surface area contributed by atoms with Crippen LogP contribution in [-0.2, 0) is 13.1 Å². The van der Waals surface area contributed by atoms with Crippen LogP contribution in [0.1, 0.15) is 24.4 Å². The molecule has 1 aromatic carbocycles. The van der Waals surface area contributed by atoms with E-state index in [1.807, 2.05) is 24.5 Å². The Labute approximate surface area is 107 Å². The van der Waals surface area contributed by atoms with Crippen LogP contribution in [0, 0.1) is 0 Å². The van der Waals surface area contributed by atoms with Crippen LogP contribution in [-0.4, -0.2) is 21.2 Å². The van der Waals surface area contributed by atoms with E-state index in [0.29, 0.717) is 0 Å². The molecule has 4 nitrogen and oxygen atoms in total. The van der Waals surface area contributed by atoms with Gasteiger partial charge in [0.1, 0.15) is 5.82 Å². The molecule has 94 valence electrons. The van der Waals surface area contributed by atoms with E-state index in [1.165, 1.54) is 5.69 Å². The number of fused-ring (bicyclic) bond motifs is 1. The minimum Gasteiger partial charge on any atom is -0.389 e. The molecular weight excluding hydrogens is 226 g/mol. The van der Waals surface area contributed by atoms with Gasteiger partial charge in [-0.3, -0.25) is 0 Å². The molecule has 2 aromatic rings. The van der Waals surface area contributed by atoms with Crippen molar-refractivity contribution in [2.24, 2.45) is 0 Å². The highest BCUT2D eigenvalue weighted by Gasteiger charge is 2.16. The maximum Gasteiger partial charge on any atom is 0.128 e. The van der Waals surface area contributed by atoms with Gasteiger partial charge in [0.2, 0.25) is 0 Å². The van der Waals surface area contributed by atoms with Crippen LogP contribution in [0.2, 0.25) is 0 Å². The number of aliphatic hydroxyl groups excluding tert-OH is 1. The summed E-state index contributed by atoms with van der Waals surface area (Å²) in [5, 5.41) is 9.50. The second-order valence-corrected chi connectivity index (χ2v) is 4.73. The normalized spacial score (nSPS) is 16.4. The first-order chi connectivity index (χ1) is 8.74. The summed E-state index contributed by atoms with van der Waals surface area (Å²) < 4.78 is 2.20. The summed E-state index contributed by atoms with van der Waals surface area (Å²) in [5.74, 6) is 1.11. The lowest BCUT2D eigenvalue weighted by Crippen LogP contribution is -2.33. The molecule has 0 saturated heterocycles. The summed E-state index contributed by atoms with van der Waals surface area (Å²) in [7, 11) is 0. The lowest BCUT2D eigenvalue weighted by Gasteiger charge is -2.29. The molecule has 3 rings (SSSR count). The van der Waals surface area contributed by atoms with Crippen LogP contribution in [0.15, 0.2) is 36.7 Å². The number of rotatable bonds is 2. The van der Waals surface area contributed by atoms with Crippen molar-refractivity contribution in [2.75, 3.05) is 11.4 Å². The van der Waals surface area contributed by atoms with Crippen molar-refractivity contribution in [3.8, 4) is 0 Å². The fraction of sp³-hybridized carbons (Fsp3) is 0.357. The van der Waals surface area contributed by atoms with E-state index in [2.05, 4.69) is 26.6 Å². The van der Waals surface area contributed by atoms with Crippen LogP contribution >= 0.6 is 0 Å². The molecule has 0 fully saturated rings. The fourth-order valence-corrected chi connectivity index (χ4v) is 2.36. The van der Waals surface area contributed by atoms with Gasteiger partial charge >= 0.3 is 0 Å². The zero-order chi connectivity index (χ0) is 12.5. The quantitative estimate of drug-likeness (QED) is 0.876. The topological polar surface area (TPSA) is 41.3 Å². The maximum absolute atomic E-state index is 9.50. The second kappa shape index (κ2) is 4.46. The largest absolute Gasteiger partial charge is 0.389 e. The van der Waals surface area contributed by atoms with Crippen LogP contribution in [0.25, 0.3) is 0 Å². The van der Waals surface area contributed by atoms with E-state index in [4.69, 9.17) is 0 Å². The number of imidazole rings is 1. The van der Waals surface area contributed by atoms with E-state index in [1.54, 1.807) is 6.92 Å². The summed E-state index contributed by atoms with van der Waals surface area (Å²) in [4.78, 5) is 6.67. The molecule has 2 heterocycles. The third kappa shape index (κ3) is 1.99. The Morgan fingerprint density at radius 3 is 2.72 bits per heavy atom. The Bertz CT molecular complexity index is 530. The van der Waals surface area contributed by atoms with E-state index in [9.17, 15) is 5.11 Å². The lowest BCUT2D eigenvalue weighted by molar-refractivity contribution is 0.199. The standard InChI is InChI=1S/C14H17N3O/c1-11(18)12-2-4-13(5-3-12)17-9-8-16-7-6-15-14(16)10-17/h2-7,11,18H,8-10H2,1H3/t11-/m0/s1. The lowest BCUT2D eigenvalue weighted by atomic mass is 10.1. The van der Waals surface area contributed by atoms with Gasteiger partial charge in [0.25, 0.3) is 0 Å². The zero-order valence-electron chi connectivity index (χ0n) is 10.5. The van der Waals surface area contributed by atoms with Gasteiger partial charge < -0.3 is 14.6 Å². The van der Waals surface area contributed by atoms with Crippen molar-refractivity contribution in [2.45, 2.75) is 26.1 Å². The average Bonchev–Trinajstić information content (AvgIpc) is 2.86. The summed E-state index contributed by atoms with van der Waals surface area (Å²) in [6.45, 7) is 4.61. The third-order valence-corrected chi connectivity index (χ3v) is 3.49.